The van der Waals surface area contributed by atoms with E-state index in [0.29, 0.717) is 11.8 Å². The average molecular weight is 335 g/mol. The zero-order valence-corrected chi connectivity index (χ0v) is 15.9. The van der Waals surface area contributed by atoms with Crippen molar-refractivity contribution < 1.29 is 14.6 Å². The van der Waals surface area contributed by atoms with Gasteiger partial charge in [-0.25, -0.2) is 0 Å². The lowest BCUT2D eigenvalue weighted by Crippen LogP contribution is -2.62. The fourth-order valence-corrected chi connectivity index (χ4v) is 8.16. The van der Waals surface area contributed by atoms with Gasteiger partial charge in [0.15, 0.2) is 0 Å². The molecule has 1 spiro atoms. The van der Waals surface area contributed by atoms with Crippen molar-refractivity contribution in [1.82, 2.24) is 0 Å². The van der Waals surface area contributed by atoms with Gasteiger partial charge < -0.3 is 9.84 Å². The van der Waals surface area contributed by atoms with E-state index in [0.717, 1.165) is 32.1 Å². The third-order valence-electron chi connectivity index (χ3n) is 9.39. The van der Waals surface area contributed by atoms with E-state index in [4.69, 9.17) is 4.74 Å². The first-order valence-electron chi connectivity index (χ1n) is 9.99. The lowest BCUT2D eigenvalue weighted by Gasteiger charge is -2.65. The summed E-state index contributed by atoms with van der Waals surface area (Å²) in [5.41, 5.74) is 0.0897. The summed E-state index contributed by atoms with van der Waals surface area (Å²) in [6.07, 6.45) is 10.1. The maximum atomic E-state index is 12.6. The van der Waals surface area contributed by atoms with Crippen molar-refractivity contribution in [3.05, 3.63) is 0 Å². The van der Waals surface area contributed by atoms with Crippen LogP contribution < -0.4 is 0 Å². The van der Waals surface area contributed by atoms with Gasteiger partial charge in [0.2, 0.25) is 0 Å². The summed E-state index contributed by atoms with van der Waals surface area (Å²) < 4.78 is 5.23. The standard InChI is InChI=1S/C21H34O3/c1-18-10-6-15-19(2)8-5-9-20(3,17(23)24-4)14(19)7-11-21(15,13-12-18)16(18)22/h14-16,22H,5-13H2,1-4H3. The third kappa shape index (κ3) is 1.80. The fraction of sp³-hybridized carbons (Fsp3) is 0.952. The Bertz CT molecular complexity index is 559. The van der Waals surface area contributed by atoms with Crippen LogP contribution in [0.5, 0.6) is 0 Å². The largest absolute Gasteiger partial charge is 0.469 e. The van der Waals surface area contributed by atoms with Gasteiger partial charge in [-0.1, -0.05) is 20.3 Å². The van der Waals surface area contributed by atoms with Gasteiger partial charge in [0.25, 0.3) is 0 Å². The van der Waals surface area contributed by atoms with Crippen LogP contribution in [0.4, 0.5) is 0 Å². The second-order valence-electron chi connectivity index (χ2n) is 10.2. The van der Waals surface area contributed by atoms with Crippen molar-refractivity contribution in [2.24, 2.45) is 33.5 Å². The number of carbonyl (C=O) groups is 1. The van der Waals surface area contributed by atoms with E-state index in [2.05, 4.69) is 20.8 Å². The number of hydrogen-bond donors (Lipinski definition) is 1. The van der Waals surface area contributed by atoms with Gasteiger partial charge in [0.05, 0.1) is 18.6 Å². The minimum atomic E-state index is -0.340. The van der Waals surface area contributed by atoms with E-state index in [1.54, 1.807) is 0 Å². The molecule has 4 aliphatic carbocycles. The van der Waals surface area contributed by atoms with Crippen LogP contribution in [-0.4, -0.2) is 24.3 Å². The first-order valence-corrected chi connectivity index (χ1v) is 9.99. The van der Waals surface area contributed by atoms with Gasteiger partial charge in [0.1, 0.15) is 0 Å². The smallest absolute Gasteiger partial charge is 0.311 e. The summed E-state index contributed by atoms with van der Waals surface area (Å²) in [5.74, 6) is 0.958. The van der Waals surface area contributed by atoms with Gasteiger partial charge in [0, 0.05) is 5.41 Å². The Morgan fingerprint density at radius 1 is 0.958 bits per heavy atom. The number of aliphatic hydroxyl groups is 1. The number of hydrogen-bond acceptors (Lipinski definition) is 3. The molecule has 7 atom stereocenters. The predicted molar refractivity (Wildman–Crippen MR) is 93.3 cm³/mol. The van der Waals surface area contributed by atoms with Gasteiger partial charge in [-0.3, -0.25) is 4.79 Å². The van der Waals surface area contributed by atoms with E-state index in [9.17, 15) is 9.90 Å². The van der Waals surface area contributed by atoms with E-state index in [1.807, 2.05) is 0 Å². The van der Waals surface area contributed by atoms with Crippen LogP contribution in [0.25, 0.3) is 0 Å². The molecule has 4 rings (SSSR count). The molecular formula is C21H34O3. The Morgan fingerprint density at radius 3 is 2.38 bits per heavy atom. The SMILES string of the molecule is COC(=O)C1(C)CCCC2(C)C1CCC13CCC(C)(CCC21)C3O. The minimum Gasteiger partial charge on any atom is -0.469 e. The van der Waals surface area contributed by atoms with Crippen LogP contribution in [-0.2, 0) is 9.53 Å². The Hall–Kier alpha value is -0.570. The molecule has 0 aromatic heterocycles. The topological polar surface area (TPSA) is 46.5 Å². The average Bonchev–Trinajstić information content (AvgIpc) is 2.71. The molecule has 0 radical (unpaired) electrons. The zero-order chi connectivity index (χ0) is 17.4. The predicted octanol–water partition coefficient (Wildman–Crippen LogP) is 4.32. The van der Waals surface area contributed by atoms with Crippen LogP contribution in [0.15, 0.2) is 0 Å². The van der Waals surface area contributed by atoms with Crippen molar-refractivity contribution in [2.75, 3.05) is 7.11 Å². The number of carbonyl (C=O) groups excluding carboxylic acids is 1. The summed E-state index contributed by atoms with van der Waals surface area (Å²) in [5, 5.41) is 11.3. The van der Waals surface area contributed by atoms with Crippen LogP contribution >= 0.6 is 0 Å². The zero-order valence-electron chi connectivity index (χ0n) is 15.9. The fourth-order valence-electron chi connectivity index (χ4n) is 8.16. The summed E-state index contributed by atoms with van der Waals surface area (Å²) in [6.45, 7) is 6.89. The van der Waals surface area contributed by atoms with Crippen molar-refractivity contribution in [2.45, 2.75) is 84.7 Å². The van der Waals surface area contributed by atoms with E-state index in [-0.39, 0.29) is 33.7 Å². The highest BCUT2D eigenvalue weighted by Gasteiger charge is 2.69. The maximum Gasteiger partial charge on any atom is 0.311 e. The number of rotatable bonds is 1. The third-order valence-corrected chi connectivity index (χ3v) is 9.39. The molecule has 4 fully saturated rings. The normalized spacial score (nSPS) is 56.3. The quantitative estimate of drug-likeness (QED) is 0.726. The molecule has 0 aromatic carbocycles. The number of methoxy groups -OCH3 is 1. The summed E-state index contributed by atoms with van der Waals surface area (Å²) >= 11 is 0. The van der Waals surface area contributed by atoms with Crippen LogP contribution in [0, 0.1) is 33.5 Å². The summed E-state index contributed by atoms with van der Waals surface area (Å²) in [4.78, 5) is 12.6. The Morgan fingerprint density at radius 2 is 1.67 bits per heavy atom. The van der Waals surface area contributed by atoms with Gasteiger partial charge >= 0.3 is 5.97 Å². The molecule has 0 heterocycles. The summed E-state index contributed by atoms with van der Waals surface area (Å²) in [7, 11) is 1.54. The van der Waals surface area contributed by atoms with Crippen molar-refractivity contribution in [3.63, 3.8) is 0 Å². The monoisotopic (exact) mass is 334 g/mol. The number of ether oxygens (including phenoxy) is 1. The van der Waals surface area contributed by atoms with Crippen molar-refractivity contribution >= 4 is 5.97 Å². The molecule has 0 aromatic rings. The summed E-state index contributed by atoms with van der Waals surface area (Å²) in [6, 6.07) is 0. The highest BCUT2D eigenvalue weighted by Crippen LogP contribution is 2.73. The first kappa shape index (κ1) is 16.9. The molecule has 0 saturated heterocycles. The number of aliphatic hydroxyl groups excluding tert-OH is 1. The Kier molecular flexibility index (Phi) is 3.51. The lowest BCUT2D eigenvalue weighted by molar-refractivity contribution is -0.206. The van der Waals surface area contributed by atoms with Crippen LogP contribution in [0.3, 0.4) is 0 Å². The molecule has 4 aliphatic rings. The second kappa shape index (κ2) is 4.99. The van der Waals surface area contributed by atoms with Crippen molar-refractivity contribution in [3.8, 4) is 0 Å². The van der Waals surface area contributed by atoms with Gasteiger partial charge in [-0.05, 0) is 81.0 Å². The molecule has 0 aliphatic heterocycles. The highest BCUT2D eigenvalue weighted by atomic mass is 16.5. The van der Waals surface area contributed by atoms with E-state index < -0.39 is 0 Å². The molecule has 136 valence electrons. The minimum absolute atomic E-state index is 0.0120. The molecule has 4 saturated carbocycles. The van der Waals surface area contributed by atoms with E-state index >= 15 is 0 Å². The van der Waals surface area contributed by atoms with Crippen molar-refractivity contribution in [1.29, 1.82) is 0 Å². The molecule has 7 unspecified atom stereocenters. The molecular weight excluding hydrogens is 300 g/mol. The molecule has 24 heavy (non-hydrogen) atoms. The molecule has 3 heteroatoms. The Balaban J connectivity index is 1.75. The first-order chi connectivity index (χ1) is 11.2. The van der Waals surface area contributed by atoms with Gasteiger partial charge in [-0.15, -0.1) is 0 Å². The van der Waals surface area contributed by atoms with E-state index in [1.165, 1.54) is 32.8 Å². The molecule has 2 bridgehead atoms. The number of fused-ring (bicyclic) bond motifs is 3. The second-order valence-corrected chi connectivity index (χ2v) is 10.2. The molecule has 3 nitrogen and oxygen atoms in total. The lowest BCUT2D eigenvalue weighted by atomic mass is 9.40. The highest BCUT2D eigenvalue weighted by molar-refractivity contribution is 5.77. The van der Waals surface area contributed by atoms with Gasteiger partial charge in [-0.2, -0.15) is 0 Å². The molecule has 0 amide bonds. The Labute approximate surface area is 146 Å². The number of esters is 1. The molecule has 1 N–H and O–H groups in total. The maximum absolute atomic E-state index is 12.6. The van der Waals surface area contributed by atoms with Crippen LogP contribution in [0.1, 0.15) is 78.6 Å². The van der Waals surface area contributed by atoms with Crippen LogP contribution in [0.2, 0.25) is 0 Å².